The molecule has 0 saturated heterocycles. The van der Waals surface area contributed by atoms with Crippen LogP contribution in [0.1, 0.15) is 5.56 Å². The van der Waals surface area contributed by atoms with Crippen LogP contribution in [0.3, 0.4) is 0 Å². The standard InChI is InChI=1S/C20H13N3O4/c1-2-18(24)26-17-10-5-9-16(19(17)27-20-22-11-6-12-23-20)25-15-8-4-3-7-14(15)13-21/h2-12H,1H2. The molecule has 0 saturated carbocycles. The molecule has 132 valence electrons. The summed E-state index contributed by atoms with van der Waals surface area (Å²) in [4.78, 5) is 19.6. The number of benzene rings is 2. The number of carbonyl (C=O) groups excluding carboxylic acids is 1. The van der Waals surface area contributed by atoms with Crippen molar-refractivity contribution < 1.29 is 19.0 Å². The lowest BCUT2D eigenvalue weighted by Crippen LogP contribution is -2.05. The van der Waals surface area contributed by atoms with Crippen LogP contribution in [0.25, 0.3) is 0 Å². The maximum absolute atomic E-state index is 11.6. The molecule has 7 heteroatoms. The van der Waals surface area contributed by atoms with Crippen LogP contribution in [0.15, 0.2) is 73.6 Å². The zero-order valence-corrected chi connectivity index (χ0v) is 14.0. The van der Waals surface area contributed by atoms with Crippen molar-refractivity contribution in [3.8, 4) is 35.1 Å². The van der Waals surface area contributed by atoms with Gasteiger partial charge in [-0.2, -0.15) is 5.26 Å². The first-order valence-corrected chi connectivity index (χ1v) is 7.80. The Morgan fingerprint density at radius 1 is 0.963 bits per heavy atom. The zero-order valence-electron chi connectivity index (χ0n) is 14.0. The first-order chi connectivity index (χ1) is 13.2. The van der Waals surface area contributed by atoms with E-state index in [4.69, 9.17) is 14.2 Å². The SMILES string of the molecule is C=CC(=O)Oc1cccc(Oc2ccccc2C#N)c1Oc1ncccn1. The van der Waals surface area contributed by atoms with E-state index in [2.05, 4.69) is 22.6 Å². The molecule has 1 aromatic heterocycles. The van der Waals surface area contributed by atoms with Crippen molar-refractivity contribution in [2.45, 2.75) is 0 Å². The number of rotatable bonds is 6. The Labute approximate surface area is 155 Å². The Morgan fingerprint density at radius 3 is 2.41 bits per heavy atom. The maximum atomic E-state index is 11.6. The number of para-hydroxylation sites is 2. The molecule has 1 heterocycles. The highest BCUT2D eigenvalue weighted by Gasteiger charge is 2.18. The van der Waals surface area contributed by atoms with Gasteiger partial charge in [0, 0.05) is 18.5 Å². The second-order valence-electron chi connectivity index (χ2n) is 5.05. The minimum absolute atomic E-state index is 0.0398. The monoisotopic (exact) mass is 359 g/mol. The summed E-state index contributed by atoms with van der Waals surface area (Å²) in [5.41, 5.74) is 0.341. The van der Waals surface area contributed by atoms with Crippen LogP contribution < -0.4 is 14.2 Å². The highest BCUT2D eigenvalue weighted by Crippen LogP contribution is 2.42. The van der Waals surface area contributed by atoms with Gasteiger partial charge in [-0.3, -0.25) is 0 Å². The molecule has 0 N–H and O–H groups in total. The van der Waals surface area contributed by atoms with E-state index in [1.807, 2.05) is 0 Å². The summed E-state index contributed by atoms with van der Waals surface area (Å²) in [5.74, 6) is 0.0693. The van der Waals surface area contributed by atoms with Gasteiger partial charge in [0.15, 0.2) is 11.5 Å². The number of hydrogen-bond acceptors (Lipinski definition) is 7. The first-order valence-electron chi connectivity index (χ1n) is 7.80. The number of ether oxygens (including phenoxy) is 3. The molecule has 0 aliphatic heterocycles. The number of nitrogens with zero attached hydrogens (tertiary/aromatic N) is 3. The minimum Gasteiger partial charge on any atom is -0.452 e. The Morgan fingerprint density at radius 2 is 1.67 bits per heavy atom. The van der Waals surface area contributed by atoms with E-state index >= 15 is 0 Å². The second-order valence-corrected chi connectivity index (χ2v) is 5.05. The van der Waals surface area contributed by atoms with E-state index in [-0.39, 0.29) is 23.3 Å². The Balaban J connectivity index is 2.04. The molecule has 2 aromatic carbocycles. The zero-order chi connectivity index (χ0) is 19.1. The van der Waals surface area contributed by atoms with Crippen molar-refractivity contribution in [3.05, 3.63) is 79.1 Å². The van der Waals surface area contributed by atoms with E-state index in [1.54, 1.807) is 42.5 Å². The third-order valence-electron chi connectivity index (χ3n) is 3.28. The van der Waals surface area contributed by atoms with E-state index < -0.39 is 5.97 Å². The fourth-order valence-electron chi connectivity index (χ4n) is 2.10. The lowest BCUT2D eigenvalue weighted by molar-refractivity contribution is -0.129. The molecular formula is C20H13N3O4. The Hall–Kier alpha value is -4.18. The van der Waals surface area contributed by atoms with Gasteiger partial charge in [0.05, 0.1) is 5.56 Å². The van der Waals surface area contributed by atoms with Gasteiger partial charge in [0.1, 0.15) is 11.8 Å². The van der Waals surface area contributed by atoms with Crippen molar-refractivity contribution >= 4 is 5.97 Å². The average molecular weight is 359 g/mol. The van der Waals surface area contributed by atoms with Crippen LogP contribution in [0, 0.1) is 11.3 Å². The molecule has 0 fully saturated rings. The van der Waals surface area contributed by atoms with Gasteiger partial charge in [0.25, 0.3) is 0 Å². The summed E-state index contributed by atoms with van der Waals surface area (Å²) in [6, 6.07) is 15.2. The third kappa shape index (κ3) is 4.27. The van der Waals surface area contributed by atoms with Gasteiger partial charge in [-0.15, -0.1) is 0 Å². The fourth-order valence-corrected chi connectivity index (χ4v) is 2.10. The summed E-state index contributed by atoms with van der Waals surface area (Å²) in [6.45, 7) is 3.38. The van der Waals surface area contributed by atoms with Gasteiger partial charge in [0.2, 0.25) is 5.75 Å². The summed E-state index contributed by atoms with van der Waals surface area (Å²) < 4.78 is 16.7. The highest BCUT2D eigenvalue weighted by atomic mass is 16.6. The van der Waals surface area contributed by atoms with E-state index in [1.165, 1.54) is 18.5 Å². The van der Waals surface area contributed by atoms with Gasteiger partial charge in [-0.25, -0.2) is 14.8 Å². The van der Waals surface area contributed by atoms with E-state index in [0.717, 1.165) is 6.08 Å². The van der Waals surface area contributed by atoms with Gasteiger partial charge in [-0.05, 0) is 30.3 Å². The third-order valence-corrected chi connectivity index (χ3v) is 3.28. The van der Waals surface area contributed by atoms with Crippen LogP contribution in [0.2, 0.25) is 0 Å². The molecule has 0 aliphatic rings. The molecule has 0 radical (unpaired) electrons. The Kier molecular flexibility index (Phi) is 5.40. The lowest BCUT2D eigenvalue weighted by Gasteiger charge is -2.15. The molecule has 0 atom stereocenters. The number of esters is 1. The number of aromatic nitrogens is 2. The summed E-state index contributed by atoms with van der Waals surface area (Å²) in [6.07, 6.45) is 4.04. The summed E-state index contributed by atoms with van der Waals surface area (Å²) in [5, 5.41) is 9.24. The van der Waals surface area contributed by atoms with Gasteiger partial charge < -0.3 is 14.2 Å². The second kappa shape index (κ2) is 8.27. The van der Waals surface area contributed by atoms with Crippen LogP contribution in [-0.2, 0) is 4.79 Å². The van der Waals surface area contributed by atoms with Crippen LogP contribution in [0.4, 0.5) is 0 Å². The van der Waals surface area contributed by atoms with Crippen molar-refractivity contribution in [3.63, 3.8) is 0 Å². The molecule has 0 amide bonds. The van der Waals surface area contributed by atoms with Crippen LogP contribution in [-0.4, -0.2) is 15.9 Å². The number of hydrogen-bond donors (Lipinski definition) is 0. The largest absolute Gasteiger partial charge is 0.452 e. The van der Waals surface area contributed by atoms with Crippen molar-refractivity contribution in [1.29, 1.82) is 5.26 Å². The molecule has 0 spiro atoms. The fraction of sp³-hybridized carbons (Fsp3) is 0. The normalized spacial score (nSPS) is 9.74. The first kappa shape index (κ1) is 17.6. The molecule has 7 nitrogen and oxygen atoms in total. The predicted molar refractivity (Wildman–Crippen MR) is 95.6 cm³/mol. The van der Waals surface area contributed by atoms with E-state index in [0.29, 0.717) is 11.3 Å². The van der Waals surface area contributed by atoms with Crippen LogP contribution in [0.5, 0.6) is 29.0 Å². The van der Waals surface area contributed by atoms with Crippen LogP contribution >= 0.6 is 0 Å². The molecule has 3 aromatic rings. The number of carbonyl (C=O) groups is 1. The summed E-state index contributed by atoms with van der Waals surface area (Å²) in [7, 11) is 0. The average Bonchev–Trinajstić information content (AvgIpc) is 2.71. The van der Waals surface area contributed by atoms with Crippen molar-refractivity contribution in [2.75, 3.05) is 0 Å². The minimum atomic E-state index is -0.664. The lowest BCUT2D eigenvalue weighted by atomic mass is 10.2. The molecule has 27 heavy (non-hydrogen) atoms. The van der Waals surface area contributed by atoms with E-state index in [9.17, 15) is 10.1 Å². The molecule has 3 rings (SSSR count). The molecule has 0 unspecified atom stereocenters. The van der Waals surface area contributed by atoms with Crippen molar-refractivity contribution in [1.82, 2.24) is 9.97 Å². The molecular weight excluding hydrogens is 346 g/mol. The molecule has 0 aliphatic carbocycles. The Bertz CT molecular complexity index is 1010. The predicted octanol–water partition coefficient (Wildman–Crippen LogP) is 4.02. The summed E-state index contributed by atoms with van der Waals surface area (Å²) >= 11 is 0. The van der Waals surface area contributed by atoms with Gasteiger partial charge in [-0.1, -0.05) is 24.8 Å². The highest BCUT2D eigenvalue weighted by molar-refractivity contribution is 5.84. The smallest absolute Gasteiger partial charge is 0.335 e. The van der Waals surface area contributed by atoms with Gasteiger partial charge >= 0.3 is 12.0 Å². The maximum Gasteiger partial charge on any atom is 0.335 e. The number of nitriles is 1. The molecule has 0 bridgehead atoms. The topological polar surface area (TPSA) is 94.3 Å². The van der Waals surface area contributed by atoms with Crippen molar-refractivity contribution in [2.24, 2.45) is 0 Å². The quantitative estimate of drug-likeness (QED) is 0.372.